The molecule has 2 heterocycles. The smallest absolute Gasteiger partial charge is 0.129 e. The molecule has 0 amide bonds. The number of nitrogens with zero attached hydrogens (tertiary/aromatic N) is 2. The van der Waals surface area contributed by atoms with Crippen molar-refractivity contribution in [2.75, 3.05) is 36.0 Å². The highest BCUT2D eigenvalue weighted by Crippen LogP contribution is 2.21. The van der Waals surface area contributed by atoms with Crippen LogP contribution < -0.4 is 10.2 Å². The summed E-state index contributed by atoms with van der Waals surface area (Å²) in [6.45, 7) is 10.2. The van der Waals surface area contributed by atoms with Crippen molar-refractivity contribution in [3.8, 4) is 0 Å². The van der Waals surface area contributed by atoms with Gasteiger partial charge in [0.15, 0.2) is 0 Å². The molecule has 0 bridgehead atoms. The van der Waals surface area contributed by atoms with E-state index in [1.54, 1.807) is 0 Å². The minimum atomic E-state index is -0.642. The van der Waals surface area contributed by atoms with Crippen LogP contribution in [-0.4, -0.2) is 40.3 Å². The number of pyridine rings is 1. The zero-order chi connectivity index (χ0) is 15.2. The first-order chi connectivity index (χ1) is 10.1. The van der Waals surface area contributed by atoms with E-state index in [-0.39, 0.29) is 0 Å². The molecule has 0 atom stereocenters. The highest BCUT2D eigenvalue weighted by atomic mass is 32.2. The van der Waals surface area contributed by atoms with E-state index < -0.39 is 10.8 Å². The molecule has 0 aliphatic carbocycles. The second-order valence-corrected chi connectivity index (χ2v) is 7.62. The molecule has 0 saturated carbocycles. The summed E-state index contributed by atoms with van der Waals surface area (Å²) in [6.07, 6.45) is 1.15. The highest BCUT2D eigenvalue weighted by Gasteiger charge is 2.18. The van der Waals surface area contributed by atoms with Gasteiger partial charge in [-0.1, -0.05) is 20.8 Å². The van der Waals surface area contributed by atoms with Crippen molar-refractivity contribution < 1.29 is 4.21 Å². The van der Waals surface area contributed by atoms with E-state index in [1.807, 2.05) is 0 Å². The SMILES string of the molecule is CCCNCc1cc(C(C)C)nc(N2CCS(=O)CC2)c1. The molecule has 21 heavy (non-hydrogen) atoms. The van der Waals surface area contributed by atoms with Gasteiger partial charge in [-0.15, -0.1) is 0 Å². The van der Waals surface area contributed by atoms with E-state index in [2.05, 4.69) is 43.1 Å². The summed E-state index contributed by atoms with van der Waals surface area (Å²) in [4.78, 5) is 7.08. The highest BCUT2D eigenvalue weighted by molar-refractivity contribution is 7.85. The second-order valence-electron chi connectivity index (χ2n) is 5.93. The molecule has 1 aliphatic rings. The lowest BCUT2D eigenvalue weighted by atomic mass is 10.1. The number of hydrogen-bond donors (Lipinski definition) is 1. The Bertz CT molecular complexity index is 480. The molecule has 0 unspecified atom stereocenters. The molecule has 5 heteroatoms. The summed E-state index contributed by atoms with van der Waals surface area (Å²) >= 11 is 0. The fraction of sp³-hybridized carbons (Fsp3) is 0.688. The van der Waals surface area contributed by atoms with Crippen LogP contribution in [0.1, 0.15) is 44.4 Å². The molecule has 118 valence electrons. The van der Waals surface area contributed by atoms with Crippen molar-refractivity contribution in [2.24, 2.45) is 0 Å². The molecule has 1 saturated heterocycles. The maximum Gasteiger partial charge on any atom is 0.129 e. The summed E-state index contributed by atoms with van der Waals surface area (Å²) in [7, 11) is -0.642. The van der Waals surface area contributed by atoms with E-state index >= 15 is 0 Å². The van der Waals surface area contributed by atoms with Crippen molar-refractivity contribution in [2.45, 2.75) is 39.7 Å². The topological polar surface area (TPSA) is 45.2 Å². The van der Waals surface area contributed by atoms with Crippen molar-refractivity contribution in [1.82, 2.24) is 10.3 Å². The normalized spacial score (nSPS) is 16.7. The van der Waals surface area contributed by atoms with Crippen molar-refractivity contribution >= 4 is 16.6 Å². The van der Waals surface area contributed by atoms with Gasteiger partial charge in [-0.25, -0.2) is 4.98 Å². The van der Waals surface area contributed by atoms with Gasteiger partial charge >= 0.3 is 0 Å². The van der Waals surface area contributed by atoms with Crippen LogP contribution in [0.15, 0.2) is 12.1 Å². The largest absolute Gasteiger partial charge is 0.355 e. The molecule has 1 N–H and O–H groups in total. The molecule has 0 aromatic carbocycles. The fourth-order valence-corrected chi connectivity index (χ4v) is 3.48. The van der Waals surface area contributed by atoms with Gasteiger partial charge in [0, 0.05) is 47.6 Å². The van der Waals surface area contributed by atoms with Gasteiger partial charge in [0.05, 0.1) is 0 Å². The van der Waals surface area contributed by atoms with Crippen molar-refractivity contribution in [3.63, 3.8) is 0 Å². The van der Waals surface area contributed by atoms with Crippen LogP contribution in [0.2, 0.25) is 0 Å². The minimum Gasteiger partial charge on any atom is -0.355 e. The van der Waals surface area contributed by atoms with Crippen molar-refractivity contribution in [3.05, 3.63) is 23.4 Å². The lowest BCUT2D eigenvalue weighted by Gasteiger charge is -2.28. The summed E-state index contributed by atoms with van der Waals surface area (Å²) < 4.78 is 11.5. The Balaban J connectivity index is 2.16. The van der Waals surface area contributed by atoms with E-state index in [0.29, 0.717) is 5.92 Å². The Morgan fingerprint density at radius 2 is 2.05 bits per heavy atom. The van der Waals surface area contributed by atoms with Gasteiger partial charge in [0.2, 0.25) is 0 Å². The van der Waals surface area contributed by atoms with Gasteiger partial charge in [0.1, 0.15) is 5.82 Å². The lowest BCUT2D eigenvalue weighted by molar-refractivity contribution is 0.667. The number of anilines is 1. The van der Waals surface area contributed by atoms with Gasteiger partial charge in [-0.05, 0) is 36.6 Å². The van der Waals surface area contributed by atoms with E-state index in [9.17, 15) is 4.21 Å². The summed E-state index contributed by atoms with van der Waals surface area (Å²) in [5, 5.41) is 3.46. The van der Waals surface area contributed by atoms with Crippen LogP contribution in [0.25, 0.3) is 0 Å². The molecule has 0 spiro atoms. The van der Waals surface area contributed by atoms with Crippen LogP contribution >= 0.6 is 0 Å². The second kappa shape index (κ2) is 7.90. The van der Waals surface area contributed by atoms with E-state index in [4.69, 9.17) is 4.98 Å². The third-order valence-corrected chi connectivity index (χ3v) is 5.02. The zero-order valence-corrected chi connectivity index (χ0v) is 14.2. The Hall–Kier alpha value is -0.940. The third-order valence-electron chi connectivity index (χ3n) is 3.74. The summed E-state index contributed by atoms with van der Waals surface area (Å²) in [5.41, 5.74) is 2.44. The number of hydrogen-bond acceptors (Lipinski definition) is 4. The third kappa shape index (κ3) is 4.78. The zero-order valence-electron chi connectivity index (χ0n) is 13.4. The summed E-state index contributed by atoms with van der Waals surface area (Å²) in [5.74, 6) is 2.99. The lowest BCUT2D eigenvalue weighted by Crippen LogP contribution is -2.38. The van der Waals surface area contributed by atoms with Gasteiger partial charge in [-0.3, -0.25) is 4.21 Å². The molecular formula is C16H27N3OS. The Morgan fingerprint density at radius 1 is 1.33 bits per heavy atom. The van der Waals surface area contributed by atoms with E-state index in [0.717, 1.165) is 55.6 Å². The van der Waals surface area contributed by atoms with Crippen LogP contribution in [0.4, 0.5) is 5.82 Å². The van der Waals surface area contributed by atoms with Crippen molar-refractivity contribution in [1.29, 1.82) is 0 Å². The maximum atomic E-state index is 11.5. The Kier molecular flexibility index (Phi) is 6.18. The molecule has 1 aromatic rings. The van der Waals surface area contributed by atoms with Crippen LogP contribution in [0.5, 0.6) is 0 Å². The molecule has 0 radical (unpaired) electrons. The minimum absolute atomic E-state index is 0.425. The molecule has 4 nitrogen and oxygen atoms in total. The van der Waals surface area contributed by atoms with Crippen LogP contribution in [0.3, 0.4) is 0 Å². The first kappa shape index (κ1) is 16.4. The number of aromatic nitrogens is 1. The average Bonchev–Trinajstić information content (AvgIpc) is 2.48. The van der Waals surface area contributed by atoms with Gasteiger partial charge < -0.3 is 10.2 Å². The van der Waals surface area contributed by atoms with Crippen LogP contribution in [-0.2, 0) is 17.3 Å². The number of nitrogens with one attached hydrogen (secondary N) is 1. The first-order valence-electron chi connectivity index (χ1n) is 7.91. The summed E-state index contributed by atoms with van der Waals surface area (Å²) in [6, 6.07) is 4.39. The molecule has 1 aliphatic heterocycles. The molecule has 2 rings (SSSR count). The Labute approximate surface area is 130 Å². The maximum absolute atomic E-state index is 11.5. The molecular weight excluding hydrogens is 282 g/mol. The average molecular weight is 309 g/mol. The first-order valence-corrected chi connectivity index (χ1v) is 9.40. The number of rotatable bonds is 6. The molecule has 1 fully saturated rings. The monoisotopic (exact) mass is 309 g/mol. The van der Waals surface area contributed by atoms with E-state index in [1.165, 1.54) is 5.56 Å². The quantitative estimate of drug-likeness (QED) is 0.819. The Morgan fingerprint density at radius 3 is 2.67 bits per heavy atom. The van der Waals surface area contributed by atoms with Gasteiger partial charge in [-0.2, -0.15) is 0 Å². The predicted molar refractivity (Wildman–Crippen MR) is 90.4 cm³/mol. The standard InChI is InChI=1S/C16H27N3OS/c1-4-5-17-12-14-10-15(13(2)3)18-16(11-14)19-6-8-21(20)9-7-19/h10-11,13,17H,4-9,12H2,1-3H3. The molecule has 1 aromatic heterocycles. The predicted octanol–water partition coefficient (Wildman–Crippen LogP) is 2.27. The van der Waals surface area contributed by atoms with Crippen LogP contribution in [0, 0.1) is 0 Å². The van der Waals surface area contributed by atoms with Gasteiger partial charge in [0.25, 0.3) is 0 Å². The fourth-order valence-electron chi connectivity index (χ4n) is 2.43.